The summed E-state index contributed by atoms with van der Waals surface area (Å²) >= 11 is 5.83. The molecule has 1 aliphatic rings. The highest BCUT2D eigenvalue weighted by molar-refractivity contribution is 6.32. The van der Waals surface area contributed by atoms with Gasteiger partial charge in [0.1, 0.15) is 0 Å². The van der Waals surface area contributed by atoms with Gasteiger partial charge in [0.15, 0.2) is 0 Å². The lowest BCUT2D eigenvalue weighted by atomic mass is 9.83. The lowest BCUT2D eigenvalue weighted by Crippen LogP contribution is -2.38. The molecule has 2 amide bonds. The zero-order valence-electron chi connectivity index (χ0n) is 17.3. The van der Waals surface area contributed by atoms with Crippen LogP contribution >= 0.6 is 11.6 Å². The second-order valence-corrected chi connectivity index (χ2v) is 8.10. The maximum atomic E-state index is 13.0. The molecule has 5 nitrogen and oxygen atoms in total. The Morgan fingerprint density at radius 1 is 1.12 bits per heavy atom. The van der Waals surface area contributed by atoms with Crippen LogP contribution in [0.2, 0.25) is 5.02 Å². The van der Waals surface area contributed by atoms with Crippen LogP contribution < -0.4 is 5.32 Å². The second-order valence-electron chi connectivity index (χ2n) is 7.70. The summed E-state index contributed by atoms with van der Waals surface area (Å²) < 4.78 is 82.5. The van der Waals surface area contributed by atoms with Crippen molar-refractivity contribution in [3.63, 3.8) is 0 Å². The molecule has 1 unspecified atom stereocenters. The number of nitrogens with one attached hydrogen (secondary N) is 1. The molecular weight excluding hydrogens is 476 g/mol. The maximum absolute atomic E-state index is 13.0. The lowest BCUT2D eigenvalue weighted by molar-refractivity contribution is -0.138. The fraction of sp³-hybridized carbons (Fsp3) is 0.333. The van der Waals surface area contributed by atoms with Gasteiger partial charge in [0, 0.05) is 12.8 Å². The van der Waals surface area contributed by atoms with Crippen molar-refractivity contribution in [1.82, 2.24) is 5.01 Å². The molecule has 0 aliphatic carbocycles. The van der Waals surface area contributed by atoms with Gasteiger partial charge in [0.05, 0.1) is 40.4 Å². The number of anilines is 1. The molecule has 1 N–H and O–H groups in total. The van der Waals surface area contributed by atoms with Gasteiger partial charge in [-0.25, -0.2) is 9.80 Å². The van der Waals surface area contributed by atoms with Crippen LogP contribution in [0, 0.1) is 5.41 Å². The average molecular weight is 494 g/mol. The Bertz CT molecular complexity index is 1070. The SMILES string of the molecule is COCC1(C)CN(C(=O)Nc2ccc(C(F)(F)F)cc2)N=C1c1ccc(C(F)(F)F)c(Cl)c1. The second kappa shape index (κ2) is 8.86. The number of ether oxygens (including phenoxy) is 1. The summed E-state index contributed by atoms with van der Waals surface area (Å²) in [5, 5.41) is 7.23. The van der Waals surface area contributed by atoms with E-state index in [1.54, 1.807) is 6.92 Å². The Balaban J connectivity index is 1.87. The van der Waals surface area contributed by atoms with Crippen LogP contribution in [0.4, 0.5) is 36.8 Å². The molecular formula is C21H18ClF6N3O2. The zero-order valence-corrected chi connectivity index (χ0v) is 18.1. The monoisotopic (exact) mass is 493 g/mol. The summed E-state index contributed by atoms with van der Waals surface area (Å²) in [5.74, 6) is 0. The number of carbonyl (C=O) groups is 1. The van der Waals surface area contributed by atoms with Gasteiger partial charge in [-0.05, 0) is 48.9 Å². The highest BCUT2D eigenvalue weighted by atomic mass is 35.5. The molecule has 0 aromatic heterocycles. The van der Waals surface area contributed by atoms with E-state index in [9.17, 15) is 31.1 Å². The third-order valence-electron chi connectivity index (χ3n) is 5.00. The molecule has 3 rings (SSSR count). The predicted octanol–water partition coefficient (Wildman–Crippen LogP) is 6.28. The smallest absolute Gasteiger partial charge is 0.384 e. The van der Waals surface area contributed by atoms with Crippen LogP contribution in [-0.4, -0.2) is 37.0 Å². The van der Waals surface area contributed by atoms with E-state index in [-0.39, 0.29) is 30.1 Å². The largest absolute Gasteiger partial charge is 0.417 e. The number of amides is 2. The van der Waals surface area contributed by atoms with Gasteiger partial charge >= 0.3 is 18.4 Å². The van der Waals surface area contributed by atoms with Crippen molar-refractivity contribution in [1.29, 1.82) is 0 Å². The van der Waals surface area contributed by atoms with Crippen molar-refractivity contribution >= 4 is 29.0 Å². The number of rotatable bonds is 4. The molecule has 178 valence electrons. The van der Waals surface area contributed by atoms with E-state index in [0.717, 1.165) is 41.4 Å². The molecule has 2 aromatic carbocycles. The third-order valence-corrected chi connectivity index (χ3v) is 5.31. The molecule has 1 atom stereocenters. The Labute approximate surface area is 190 Å². The number of hydrogen-bond acceptors (Lipinski definition) is 3. The summed E-state index contributed by atoms with van der Waals surface area (Å²) in [6.07, 6.45) is -9.14. The molecule has 2 aromatic rings. The van der Waals surface area contributed by atoms with Crippen molar-refractivity contribution in [2.24, 2.45) is 10.5 Å². The van der Waals surface area contributed by atoms with Crippen LogP contribution in [0.1, 0.15) is 23.6 Å². The lowest BCUT2D eigenvalue weighted by Gasteiger charge is -2.25. The summed E-state index contributed by atoms with van der Waals surface area (Å²) in [7, 11) is 1.42. The molecule has 0 saturated heterocycles. The van der Waals surface area contributed by atoms with Gasteiger partial charge in [0.2, 0.25) is 0 Å². The van der Waals surface area contributed by atoms with Crippen LogP contribution in [0.3, 0.4) is 0 Å². The minimum Gasteiger partial charge on any atom is -0.384 e. The van der Waals surface area contributed by atoms with Crippen LogP contribution in [-0.2, 0) is 17.1 Å². The third kappa shape index (κ3) is 5.41. The first kappa shape index (κ1) is 24.8. The van der Waals surface area contributed by atoms with E-state index in [1.807, 2.05) is 0 Å². The van der Waals surface area contributed by atoms with Gasteiger partial charge in [-0.1, -0.05) is 17.7 Å². The first-order valence-electron chi connectivity index (χ1n) is 9.45. The number of carbonyl (C=O) groups excluding carboxylic acids is 1. The van der Waals surface area contributed by atoms with Crippen molar-refractivity contribution in [2.45, 2.75) is 19.3 Å². The first-order valence-corrected chi connectivity index (χ1v) is 9.83. The fourth-order valence-corrected chi connectivity index (χ4v) is 3.75. The van der Waals surface area contributed by atoms with Crippen molar-refractivity contribution in [3.05, 3.63) is 64.2 Å². The minimum absolute atomic E-state index is 0.0152. The van der Waals surface area contributed by atoms with Crippen molar-refractivity contribution in [3.8, 4) is 0 Å². The number of benzene rings is 2. The Morgan fingerprint density at radius 2 is 1.76 bits per heavy atom. The van der Waals surface area contributed by atoms with E-state index >= 15 is 0 Å². The van der Waals surface area contributed by atoms with E-state index < -0.39 is 39.9 Å². The number of methoxy groups -OCH3 is 1. The zero-order chi connectivity index (χ0) is 24.6. The molecule has 0 spiro atoms. The summed E-state index contributed by atoms with van der Waals surface area (Å²) in [6.45, 7) is 1.82. The van der Waals surface area contributed by atoms with Crippen LogP contribution in [0.15, 0.2) is 47.6 Å². The maximum Gasteiger partial charge on any atom is 0.417 e. The van der Waals surface area contributed by atoms with Gasteiger partial charge < -0.3 is 10.1 Å². The highest BCUT2D eigenvalue weighted by Crippen LogP contribution is 2.38. The standard InChI is InChI=1S/C21H18ClF6N3O2/c1-19(11-33-2)10-31(18(32)29-14-6-4-13(5-7-14)20(23,24)25)30-17(19)12-3-8-15(16(22)9-12)21(26,27)28/h3-9H,10-11H2,1-2H3,(H,29,32). The number of hydrogen-bond donors (Lipinski definition) is 1. The van der Waals surface area contributed by atoms with Crippen molar-refractivity contribution < 1.29 is 35.9 Å². The summed E-state index contributed by atoms with van der Waals surface area (Å²) in [5.41, 5.74) is -2.08. The molecule has 0 radical (unpaired) electrons. The molecule has 1 heterocycles. The summed E-state index contributed by atoms with van der Waals surface area (Å²) in [6, 6.07) is 6.29. The average Bonchev–Trinajstić information content (AvgIpc) is 3.04. The van der Waals surface area contributed by atoms with Gasteiger partial charge in [-0.3, -0.25) is 0 Å². The Morgan fingerprint density at radius 3 is 2.27 bits per heavy atom. The van der Waals surface area contributed by atoms with Gasteiger partial charge in [-0.15, -0.1) is 0 Å². The van der Waals surface area contributed by atoms with E-state index in [4.69, 9.17) is 16.3 Å². The van der Waals surface area contributed by atoms with E-state index in [2.05, 4.69) is 10.4 Å². The molecule has 0 bridgehead atoms. The first-order chi connectivity index (χ1) is 15.2. The van der Waals surface area contributed by atoms with E-state index in [0.29, 0.717) is 0 Å². The van der Waals surface area contributed by atoms with Gasteiger partial charge in [-0.2, -0.15) is 31.4 Å². The van der Waals surface area contributed by atoms with Gasteiger partial charge in [0.25, 0.3) is 0 Å². The number of halogens is 7. The van der Waals surface area contributed by atoms with Crippen molar-refractivity contribution in [2.75, 3.05) is 25.6 Å². The Hall–Kier alpha value is -2.79. The summed E-state index contributed by atoms with van der Waals surface area (Å²) in [4.78, 5) is 12.7. The van der Waals surface area contributed by atoms with Crippen LogP contribution in [0.25, 0.3) is 0 Å². The normalized spacial score (nSPS) is 18.9. The topological polar surface area (TPSA) is 53.9 Å². The molecule has 0 saturated carbocycles. The minimum atomic E-state index is -4.63. The van der Waals surface area contributed by atoms with Crippen LogP contribution in [0.5, 0.6) is 0 Å². The quantitative estimate of drug-likeness (QED) is 0.509. The van der Waals surface area contributed by atoms with E-state index in [1.165, 1.54) is 13.2 Å². The molecule has 1 aliphatic heterocycles. The molecule has 0 fully saturated rings. The Kier molecular flexibility index (Phi) is 6.67. The number of hydrazone groups is 1. The molecule has 12 heteroatoms. The number of alkyl halides is 6. The number of urea groups is 1. The predicted molar refractivity (Wildman–Crippen MR) is 110 cm³/mol. The fourth-order valence-electron chi connectivity index (χ4n) is 3.46. The number of nitrogens with zero attached hydrogens (tertiary/aromatic N) is 2. The highest BCUT2D eigenvalue weighted by Gasteiger charge is 2.42. The molecule has 33 heavy (non-hydrogen) atoms.